The highest BCUT2D eigenvalue weighted by atomic mass is 16.5. The lowest BCUT2D eigenvalue weighted by atomic mass is 10.1. The van der Waals surface area contributed by atoms with Crippen LogP contribution in [0.2, 0.25) is 0 Å². The van der Waals surface area contributed by atoms with Crippen LogP contribution in [0.15, 0.2) is 24.3 Å². The summed E-state index contributed by atoms with van der Waals surface area (Å²) < 4.78 is 5.13. The maximum Gasteiger partial charge on any atom is 0.228 e. The van der Waals surface area contributed by atoms with Crippen LogP contribution in [0.5, 0.6) is 5.75 Å². The molecule has 6 nitrogen and oxygen atoms in total. The Bertz CT molecular complexity index is 587. The van der Waals surface area contributed by atoms with E-state index in [4.69, 9.17) is 10.5 Å². The Labute approximate surface area is 136 Å². The SMILES string of the molecule is COc1ccc(CN2CC(C(=O)N3CC[C@@H](N)C3)CC2=O)cc1. The summed E-state index contributed by atoms with van der Waals surface area (Å²) in [6, 6.07) is 7.72. The van der Waals surface area contributed by atoms with Crippen LogP contribution < -0.4 is 10.5 Å². The van der Waals surface area contributed by atoms with E-state index in [0.717, 1.165) is 17.7 Å². The molecule has 2 N–H and O–H groups in total. The molecule has 2 saturated heterocycles. The van der Waals surface area contributed by atoms with Crippen LogP contribution in [-0.2, 0) is 16.1 Å². The molecule has 2 aliphatic heterocycles. The number of benzene rings is 1. The van der Waals surface area contributed by atoms with E-state index in [2.05, 4.69) is 0 Å². The van der Waals surface area contributed by atoms with E-state index in [1.54, 1.807) is 16.9 Å². The number of carbonyl (C=O) groups is 2. The second kappa shape index (κ2) is 6.58. The molecule has 2 heterocycles. The largest absolute Gasteiger partial charge is 0.497 e. The van der Waals surface area contributed by atoms with Gasteiger partial charge in [-0.1, -0.05) is 12.1 Å². The number of likely N-dealkylation sites (tertiary alicyclic amines) is 2. The van der Waals surface area contributed by atoms with Crippen LogP contribution in [-0.4, -0.2) is 54.4 Å². The fourth-order valence-electron chi connectivity index (χ4n) is 3.29. The molecule has 23 heavy (non-hydrogen) atoms. The van der Waals surface area contributed by atoms with Crippen molar-refractivity contribution < 1.29 is 14.3 Å². The van der Waals surface area contributed by atoms with Crippen molar-refractivity contribution in [1.82, 2.24) is 9.80 Å². The van der Waals surface area contributed by atoms with Gasteiger partial charge in [0.25, 0.3) is 0 Å². The molecule has 124 valence electrons. The molecule has 0 radical (unpaired) electrons. The van der Waals surface area contributed by atoms with E-state index in [9.17, 15) is 9.59 Å². The Kier molecular flexibility index (Phi) is 4.52. The van der Waals surface area contributed by atoms with Gasteiger partial charge in [0.1, 0.15) is 5.75 Å². The molecule has 0 saturated carbocycles. The number of methoxy groups -OCH3 is 1. The maximum absolute atomic E-state index is 12.5. The number of amides is 2. The summed E-state index contributed by atoms with van der Waals surface area (Å²) in [5.41, 5.74) is 6.90. The second-order valence-corrected chi connectivity index (χ2v) is 6.36. The summed E-state index contributed by atoms with van der Waals surface area (Å²) in [5, 5.41) is 0. The number of carbonyl (C=O) groups excluding carboxylic acids is 2. The molecule has 2 atom stereocenters. The molecule has 2 amide bonds. The van der Waals surface area contributed by atoms with Gasteiger partial charge < -0.3 is 20.3 Å². The van der Waals surface area contributed by atoms with E-state index < -0.39 is 0 Å². The van der Waals surface area contributed by atoms with E-state index in [0.29, 0.717) is 32.6 Å². The van der Waals surface area contributed by atoms with Crippen molar-refractivity contribution in [2.75, 3.05) is 26.7 Å². The normalized spacial score (nSPS) is 24.3. The summed E-state index contributed by atoms with van der Waals surface area (Å²) >= 11 is 0. The van der Waals surface area contributed by atoms with Crippen LogP contribution in [0.3, 0.4) is 0 Å². The Hall–Kier alpha value is -2.08. The number of nitrogens with two attached hydrogens (primary N) is 1. The predicted molar refractivity (Wildman–Crippen MR) is 85.7 cm³/mol. The van der Waals surface area contributed by atoms with Crippen LogP contribution in [0.4, 0.5) is 0 Å². The molecule has 0 bridgehead atoms. The van der Waals surface area contributed by atoms with E-state index in [-0.39, 0.29) is 23.8 Å². The summed E-state index contributed by atoms with van der Waals surface area (Å²) in [6.45, 7) is 2.35. The van der Waals surface area contributed by atoms with E-state index in [1.165, 1.54) is 0 Å². The third-order valence-corrected chi connectivity index (χ3v) is 4.63. The molecule has 3 rings (SSSR count). The smallest absolute Gasteiger partial charge is 0.228 e. The highest BCUT2D eigenvalue weighted by Gasteiger charge is 2.37. The van der Waals surface area contributed by atoms with Gasteiger partial charge in [-0.25, -0.2) is 0 Å². The zero-order valence-electron chi connectivity index (χ0n) is 13.4. The molecular formula is C17H23N3O3. The van der Waals surface area contributed by atoms with Crippen molar-refractivity contribution in [1.29, 1.82) is 0 Å². The van der Waals surface area contributed by atoms with E-state index in [1.807, 2.05) is 24.3 Å². The van der Waals surface area contributed by atoms with Gasteiger partial charge in [0.05, 0.1) is 13.0 Å². The molecule has 2 fully saturated rings. The molecule has 0 spiro atoms. The zero-order chi connectivity index (χ0) is 16.4. The zero-order valence-corrected chi connectivity index (χ0v) is 13.4. The van der Waals surface area contributed by atoms with Crippen LogP contribution in [0, 0.1) is 5.92 Å². The lowest BCUT2D eigenvalue weighted by molar-refractivity contribution is -0.134. The summed E-state index contributed by atoms with van der Waals surface area (Å²) in [4.78, 5) is 28.3. The number of hydrogen-bond donors (Lipinski definition) is 1. The minimum Gasteiger partial charge on any atom is -0.497 e. The highest BCUT2D eigenvalue weighted by molar-refractivity contribution is 5.89. The minimum atomic E-state index is -0.231. The fraction of sp³-hybridized carbons (Fsp3) is 0.529. The second-order valence-electron chi connectivity index (χ2n) is 6.36. The summed E-state index contributed by atoms with van der Waals surface area (Å²) in [6.07, 6.45) is 1.16. The molecular weight excluding hydrogens is 294 g/mol. The van der Waals surface area contributed by atoms with Gasteiger partial charge in [0.15, 0.2) is 0 Å². The number of rotatable bonds is 4. The Balaban J connectivity index is 1.59. The van der Waals surface area contributed by atoms with Crippen molar-refractivity contribution in [3.05, 3.63) is 29.8 Å². The average Bonchev–Trinajstić information content (AvgIpc) is 3.14. The highest BCUT2D eigenvalue weighted by Crippen LogP contribution is 2.24. The van der Waals surface area contributed by atoms with Gasteiger partial charge in [-0.2, -0.15) is 0 Å². The molecule has 1 unspecified atom stereocenters. The van der Waals surface area contributed by atoms with Crippen LogP contribution >= 0.6 is 0 Å². The summed E-state index contributed by atoms with van der Waals surface area (Å²) in [5.74, 6) is 0.678. The van der Waals surface area contributed by atoms with Crippen molar-refractivity contribution in [3.8, 4) is 5.75 Å². The third kappa shape index (κ3) is 3.47. The van der Waals surface area contributed by atoms with Gasteiger partial charge in [0.2, 0.25) is 11.8 Å². The van der Waals surface area contributed by atoms with Crippen molar-refractivity contribution in [3.63, 3.8) is 0 Å². The fourth-order valence-corrected chi connectivity index (χ4v) is 3.29. The first-order chi connectivity index (χ1) is 11.1. The van der Waals surface area contributed by atoms with Gasteiger partial charge >= 0.3 is 0 Å². The number of nitrogens with zero attached hydrogens (tertiary/aromatic N) is 2. The van der Waals surface area contributed by atoms with Gasteiger partial charge in [0, 0.05) is 38.6 Å². The summed E-state index contributed by atoms with van der Waals surface area (Å²) in [7, 11) is 1.62. The van der Waals surface area contributed by atoms with E-state index >= 15 is 0 Å². The lowest BCUT2D eigenvalue weighted by Gasteiger charge is -2.21. The molecule has 0 aliphatic carbocycles. The van der Waals surface area contributed by atoms with Crippen molar-refractivity contribution in [2.24, 2.45) is 11.7 Å². The monoisotopic (exact) mass is 317 g/mol. The number of hydrogen-bond acceptors (Lipinski definition) is 4. The van der Waals surface area contributed by atoms with Crippen molar-refractivity contribution in [2.45, 2.75) is 25.4 Å². The van der Waals surface area contributed by atoms with Gasteiger partial charge in [-0.05, 0) is 24.1 Å². The third-order valence-electron chi connectivity index (χ3n) is 4.63. The quantitative estimate of drug-likeness (QED) is 0.882. The van der Waals surface area contributed by atoms with Crippen LogP contribution in [0.25, 0.3) is 0 Å². The first-order valence-corrected chi connectivity index (χ1v) is 8.02. The lowest BCUT2D eigenvalue weighted by Crippen LogP contribution is -2.37. The van der Waals surface area contributed by atoms with Gasteiger partial charge in [-0.3, -0.25) is 9.59 Å². The molecule has 6 heteroatoms. The molecule has 0 aromatic heterocycles. The molecule has 1 aromatic rings. The standard InChI is InChI=1S/C17H23N3O3/c1-23-15-4-2-12(3-5-15)9-20-10-13(8-16(20)21)17(22)19-7-6-14(18)11-19/h2-5,13-14H,6-11,18H2,1H3/t13?,14-/m1/s1. The number of ether oxygens (including phenoxy) is 1. The van der Waals surface area contributed by atoms with Crippen LogP contribution in [0.1, 0.15) is 18.4 Å². The maximum atomic E-state index is 12.5. The molecule has 1 aromatic carbocycles. The first kappa shape index (κ1) is 15.8. The Morgan fingerprint density at radius 3 is 2.65 bits per heavy atom. The first-order valence-electron chi connectivity index (χ1n) is 8.02. The van der Waals surface area contributed by atoms with Gasteiger partial charge in [-0.15, -0.1) is 0 Å². The predicted octanol–water partition coefficient (Wildman–Crippen LogP) is 0.603. The van der Waals surface area contributed by atoms with Crippen molar-refractivity contribution >= 4 is 11.8 Å². The average molecular weight is 317 g/mol. The molecule has 2 aliphatic rings. The Morgan fingerprint density at radius 1 is 1.30 bits per heavy atom. The Morgan fingerprint density at radius 2 is 2.04 bits per heavy atom. The topological polar surface area (TPSA) is 75.9 Å². The minimum absolute atomic E-state index is 0.0441.